The Morgan fingerprint density at radius 2 is 1.16 bits per heavy atom. The van der Waals surface area contributed by atoms with Gasteiger partial charge in [0.15, 0.2) is 0 Å². The number of hydrogen-bond donors (Lipinski definition) is 0. The van der Waals surface area contributed by atoms with Crippen LogP contribution in [0.4, 0.5) is 17.1 Å². The predicted octanol–water partition coefficient (Wildman–Crippen LogP) is 5.79. The molecule has 0 N–H and O–H groups in total. The zero-order valence-electron chi connectivity index (χ0n) is 15.1. The van der Waals surface area contributed by atoms with Crippen molar-refractivity contribution in [3.05, 3.63) is 77.9 Å². The molecule has 0 radical (unpaired) electrons. The highest BCUT2D eigenvalue weighted by molar-refractivity contribution is 5.80. The summed E-state index contributed by atoms with van der Waals surface area (Å²) in [5.74, 6) is 1.54. The molecule has 0 atom stereocenters. The lowest BCUT2D eigenvalue weighted by atomic mass is 10.1. The molecule has 0 saturated heterocycles. The summed E-state index contributed by atoms with van der Waals surface area (Å²) in [6, 6.07) is 22.9. The first kappa shape index (κ1) is 16.9. The first-order valence-corrected chi connectivity index (χ1v) is 8.28. The summed E-state index contributed by atoms with van der Waals surface area (Å²) in [5.41, 5.74) is 5.59. The Bertz CT molecular complexity index is 793. The number of aryl methyl sites for hydroxylation is 2. The van der Waals surface area contributed by atoms with Gasteiger partial charge in [-0.05, 0) is 50.2 Å². The molecule has 0 aliphatic heterocycles. The van der Waals surface area contributed by atoms with Gasteiger partial charge in [-0.15, -0.1) is 0 Å². The van der Waals surface area contributed by atoms with Crippen molar-refractivity contribution >= 4 is 17.1 Å². The van der Waals surface area contributed by atoms with Crippen LogP contribution in [-0.4, -0.2) is 14.2 Å². The van der Waals surface area contributed by atoms with Crippen LogP contribution < -0.4 is 14.4 Å². The molecule has 0 saturated carbocycles. The summed E-state index contributed by atoms with van der Waals surface area (Å²) in [5, 5.41) is 0. The highest BCUT2D eigenvalue weighted by Gasteiger charge is 2.17. The van der Waals surface area contributed by atoms with Gasteiger partial charge in [0.1, 0.15) is 11.5 Å². The monoisotopic (exact) mass is 333 g/mol. The first-order chi connectivity index (χ1) is 12.1. The van der Waals surface area contributed by atoms with E-state index in [0.717, 1.165) is 28.6 Å². The standard InChI is InChI=1S/C22H23NO2/c1-16-5-9-18(10-6-16)23(19-11-7-17(2)8-12-19)21-14-13-20(24-3)15-22(21)25-4/h5-15H,1-4H3. The van der Waals surface area contributed by atoms with Gasteiger partial charge in [0.05, 0.1) is 19.9 Å². The molecule has 0 unspecified atom stereocenters. The normalized spacial score (nSPS) is 10.4. The number of nitrogens with zero attached hydrogens (tertiary/aromatic N) is 1. The van der Waals surface area contributed by atoms with E-state index in [4.69, 9.17) is 9.47 Å². The summed E-state index contributed by atoms with van der Waals surface area (Å²) in [4.78, 5) is 2.19. The molecule has 0 heterocycles. The smallest absolute Gasteiger partial charge is 0.146 e. The molecule has 0 aliphatic rings. The molecule has 0 aromatic heterocycles. The number of ether oxygens (including phenoxy) is 2. The van der Waals surface area contributed by atoms with Gasteiger partial charge >= 0.3 is 0 Å². The fourth-order valence-corrected chi connectivity index (χ4v) is 2.78. The van der Waals surface area contributed by atoms with Crippen LogP contribution in [0.25, 0.3) is 0 Å². The molecule has 0 amide bonds. The fraction of sp³-hybridized carbons (Fsp3) is 0.182. The second-order valence-electron chi connectivity index (χ2n) is 6.04. The lowest BCUT2D eigenvalue weighted by Crippen LogP contribution is -2.11. The Hall–Kier alpha value is -2.94. The van der Waals surface area contributed by atoms with Crippen LogP contribution in [0.5, 0.6) is 11.5 Å². The summed E-state index contributed by atoms with van der Waals surface area (Å²) in [7, 11) is 3.34. The minimum atomic E-state index is 0.764. The van der Waals surface area contributed by atoms with Crippen molar-refractivity contribution in [1.82, 2.24) is 0 Å². The topological polar surface area (TPSA) is 21.7 Å². The molecular formula is C22H23NO2. The van der Waals surface area contributed by atoms with E-state index >= 15 is 0 Å². The molecule has 3 aromatic carbocycles. The van der Waals surface area contributed by atoms with Crippen molar-refractivity contribution < 1.29 is 9.47 Å². The second-order valence-corrected chi connectivity index (χ2v) is 6.04. The van der Waals surface area contributed by atoms with Gasteiger partial charge in [-0.1, -0.05) is 35.4 Å². The largest absolute Gasteiger partial charge is 0.497 e. The van der Waals surface area contributed by atoms with Crippen LogP contribution in [0, 0.1) is 13.8 Å². The van der Waals surface area contributed by atoms with Crippen LogP contribution >= 0.6 is 0 Å². The van der Waals surface area contributed by atoms with Gasteiger partial charge in [-0.2, -0.15) is 0 Å². The molecule has 0 bridgehead atoms. The quantitative estimate of drug-likeness (QED) is 0.590. The molecule has 25 heavy (non-hydrogen) atoms. The van der Waals surface area contributed by atoms with Crippen molar-refractivity contribution in [2.24, 2.45) is 0 Å². The van der Waals surface area contributed by atoms with Crippen molar-refractivity contribution in [3.63, 3.8) is 0 Å². The zero-order valence-corrected chi connectivity index (χ0v) is 15.1. The fourth-order valence-electron chi connectivity index (χ4n) is 2.78. The Labute approximate surface area is 149 Å². The minimum absolute atomic E-state index is 0.764. The highest BCUT2D eigenvalue weighted by atomic mass is 16.5. The molecule has 3 rings (SSSR count). The van der Waals surface area contributed by atoms with Gasteiger partial charge in [-0.3, -0.25) is 0 Å². The maximum atomic E-state index is 5.64. The Morgan fingerprint density at radius 1 is 0.640 bits per heavy atom. The third kappa shape index (κ3) is 3.61. The molecule has 3 nitrogen and oxygen atoms in total. The third-order valence-electron chi connectivity index (χ3n) is 4.21. The molecule has 3 heteroatoms. The van der Waals surface area contributed by atoms with Gasteiger partial charge in [0, 0.05) is 17.4 Å². The molecule has 128 valence electrons. The summed E-state index contributed by atoms with van der Waals surface area (Å²) >= 11 is 0. The highest BCUT2D eigenvalue weighted by Crippen LogP contribution is 2.41. The van der Waals surface area contributed by atoms with Crippen molar-refractivity contribution in [3.8, 4) is 11.5 Å². The number of benzene rings is 3. The van der Waals surface area contributed by atoms with Crippen LogP contribution in [0.15, 0.2) is 66.7 Å². The van der Waals surface area contributed by atoms with Gasteiger partial charge in [-0.25, -0.2) is 0 Å². The average Bonchev–Trinajstić information content (AvgIpc) is 2.65. The molecule has 3 aromatic rings. The van der Waals surface area contributed by atoms with Gasteiger partial charge < -0.3 is 14.4 Å². The number of anilines is 3. The SMILES string of the molecule is COc1ccc(N(c2ccc(C)cc2)c2ccc(C)cc2)c(OC)c1. The van der Waals surface area contributed by atoms with Crippen LogP contribution in [0.1, 0.15) is 11.1 Å². The lowest BCUT2D eigenvalue weighted by molar-refractivity contribution is 0.395. The van der Waals surface area contributed by atoms with E-state index in [1.807, 2.05) is 18.2 Å². The Morgan fingerprint density at radius 3 is 1.60 bits per heavy atom. The summed E-state index contributed by atoms with van der Waals surface area (Å²) in [6.07, 6.45) is 0. The van der Waals surface area contributed by atoms with E-state index in [9.17, 15) is 0 Å². The Kier molecular flexibility index (Phi) is 4.94. The van der Waals surface area contributed by atoms with Crippen molar-refractivity contribution in [1.29, 1.82) is 0 Å². The molecular weight excluding hydrogens is 310 g/mol. The predicted molar refractivity (Wildman–Crippen MR) is 104 cm³/mol. The van der Waals surface area contributed by atoms with E-state index in [1.54, 1.807) is 14.2 Å². The minimum Gasteiger partial charge on any atom is -0.497 e. The number of rotatable bonds is 5. The maximum Gasteiger partial charge on any atom is 0.146 e. The number of methoxy groups -OCH3 is 2. The number of hydrogen-bond acceptors (Lipinski definition) is 3. The van der Waals surface area contributed by atoms with Crippen LogP contribution in [0.3, 0.4) is 0 Å². The second kappa shape index (κ2) is 7.31. The summed E-state index contributed by atoms with van der Waals surface area (Å²) in [6.45, 7) is 4.18. The molecule has 0 spiro atoms. The Balaban J connectivity index is 2.17. The van der Waals surface area contributed by atoms with E-state index in [1.165, 1.54) is 11.1 Å². The van der Waals surface area contributed by atoms with E-state index in [0.29, 0.717) is 0 Å². The average molecular weight is 333 g/mol. The van der Waals surface area contributed by atoms with Gasteiger partial charge in [0.25, 0.3) is 0 Å². The third-order valence-corrected chi connectivity index (χ3v) is 4.21. The van der Waals surface area contributed by atoms with Crippen molar-refractivity contribution in [2.75, 3.05) is 19.1 Å². The van der Waals surface area contributed by atoms with Gasteiger partial charge in [0.2, 0.25) is 0 Å². The first-order valence-electron chi connectivity index (χ1n) is 8.28. The van der Waals surface area contributed by atoms with E-state index < -0.39 is 0 Å². The van der Waals surface area contributed by atoms with E-state index in [2.05, 4.69) is 67.3 Å². The van der Waals surface area contributed by atoms with E-state index in [-0.39, 0.29) is 0 Å². The van der Waals surface area contributed by atoms with Crippen LogP contribution in [-0.2, 0) is 0 Å². The zero-order chi connectivity index (χ0) is 17.8. The molecule has 0 fully saturated rings. The van der Waals surface area contributed by atoms with Crippen LogP contribution in [0.2, 0.25) is 0 Å². The summed E-state index contributed by atoms with van der Waals surface area (Å²) < 4.78 is 11.0. The molecule has 0 aliphatic carbocycles. The maximum absolute atomic E-state index is 5.64. The lowest BCUT2D eigenvalue weighted by Gasteiger charge is -2.27. The van der Waals surface area contributed by atoms with Crippen molar-refractivity contribution in [2.45, 2.75) is 13.8 Å².